The minimum absolute atomic E-state index is 0.139. The molecule has 0 bridgehead atoms. The number of carbonyl (C=O) groups is 1. The second-order valence-electron chi connectivity index (χ2n) is 6.27. The molecule has 1 amide bonds. The number of aromatic nitrogens is 1. The molecule has 0 radical (unpaired) electrons. The number of hydrogen-bond acceptors (Lipinski definition) is 3. The zero-order chi connectivity index (χ0) is 17.4. The molecular weight excluding hydrogens is 400 g/mol. The van der Waals surface area contributed by atoms with Gasteiger partial charge in [-0.15, -0.1) is 11.3 Å². The fraction of sp³-hybridized carbons (Fsp3) is 0.316. The summed E-state index contributed by atoms with van der Waals surface area (Å²) >= 11 is 5.23. The van der Waals surface area contributed by atoms with Crippen LogP contribution in [0.4, 0.5) is 0 Å². The summed E-state index contributed by atoms with van der Waals surface area (Å²) in [5, 5.41) is 0. The van der Waals surface area contributed by atoms with E-state index in [1.54, 1.807) is 18.4 Å². The predicted octanol–water partition coefficient (Wildman–Crippen LogP) is 4.76. The van der Waals surface area contributed by atoms with Crippen molar-refractivity contribution in [2.24, 2.45) is 0 Å². The zero-order valence-electron chi connectivity index (χ0n) is 14.0. The molecule has 0 N–H and O–H groups in total. The Morgan fingerprint density at radius 3 is 2.80 bits per heavy atom. The van der Waals surface area contributed by atoms with E-state index >= 15 is 0 Å². The Labute approximate surface area is 159 Å². The predicted molar refractivity (Wildman–Crippen MR) is 105 cm³/mol. The highest BCUT2D eigenvalue weighted by atomic mass is 79.9. The third kappa shape index (κ3) is 3.20. The Morgan fingerprint density at radius 1 is 1.24 bits per heavy atom. The van der Waals surface area contributed by atoms with E-state index in [-0.39, 0.29) is 5.91 Å². The van der Waals surface area contributed by atoms with Gasteiger partial charge in [-0.05, 0) is 58.6 Å². The van der Waals surface area contributed by atoms with Crippen molar-refractivity contribution in [3.05, 3.63) is 51.4 Å². The summed E-state index contributed by atoms with van der Waals surface area (Å²) in [6, 6.07) is 12.1. The van der Waals surface area contributed by atoms with Crippen molar-refractivity contribution in [3.63, 3.8) is 0 Å². The molecule has 3 heterocycles. The average Bonchev–Trinajstić information content (AvgIpc) is 3.32. The first kappa shape index (κ1) is 16.7. The minimum Gasteiger partial charge on any atom is -0.497 e. The van der Waals surface area contributed by atoms with Crippen LogP contribution in [0.3, 0.4) is 0 Å². The number of rotatable bonds is 4. The van der Waals surface area contributed by atoms with E-state index in [1.165, 1.54) is 0 Å². The number of halogens is 1. The minimum atomic E-state index is 0.139. The highest BCUT2D eigenvalue weighted by Gasteiger charge is 2.24. The van der Waals surface area contributed by atoms with E-state index in [2.05, 4.69) is 32.6 Å². The highest BCUT2D eigenvalue weighted by Crippen LogP contribution is 2.34. The maximum Gasteiger partial charge on any atom is 0.270 e. The van der Waals surface area contributed by atoms with E-state index in [4.69, 9.17) is 4.74 Å². The van der Waals surface area contributed by atoms with Crippen LogP contribution < -0.4 is 4.74 Å². The second-order valence-corrected chi connectivity index (χ2v) is 8.73. The molecule has 0 spiro atoms. The molecule has 4 nitrogen and oxygen atoms in total. The smallest absolute Gasteiger partial charge is 0.270 e. The summed E-state index contributed by atoms with van der Waals surface area (Å²) in [5.41, 5.74) is 3.00. The Balaban J connectivity index is 1.76. The lowest BCUT2D eigenvalue weighted by Gasteiger charge is -2.17. The molecule has 6 heteroatoms. The van der Waals surface area contributed by atoms with Gasteiger partial charge in [0.25, 0.3) is 5.91 Å². The van der Waals surface area contributed by atoms with Crippen LogP contribution in [-0.2, 0) is 6.54 Å². The van der Waals surface area contributed by atoms with Crippen molar-refractivity contribution < 1.29 is 9.53 Å². The lowest BCUT2D eigenvalue weighted by atomic mass is 10.2. The molecule has 0 unspecified atom stereocenters. The second kappa shape index (κ2) is 6.84. The number of methoxy groups -OCH3 is 1. The summed E-state index contributed by atoms with van der Waals surface area (Å²) in [5.74, 6) is 0.972. The molecule has 0 aliphatic carbocycles. The van der Waals surface area contributed by atoms with Gasteiger partial charge in [0.2, 0.25) is 0 Å². The van der Waals surface area contributed by atoms with Gasteiger partial charge >= 0.3 is 0 Å². The number of benzene rings is 1. The first-order valence-corrected chi connectivity index (χ1v) is 9.97. The van der Waals surface area contributed by atoms with E-state index in [0.717, 1.165) is 56.9 Å². The van der Waals surface area contributed by atoms with Gasteiger partial charge in [-0.3, -0.25) is 4.79 Å². The van der Waals surface area contributed by atoms with E-state index in [9.17, 15) is 4.79 Å². The SMILES string of the molecule is COc1cccc(Cn2c(C(=O)N3CCCC3)cc3sc(Br)cc32)c1. The number of hydrogen-bond donors (Lipinski definition) is 0. The first-order chi connectivity index (χ1) is 12.2. The molecule has 1 fully saturated rings. The van der Waals surface area contributed by atoms with Crippen molar-refractivity contribution in [1.29, 1.82) is 0 Å². The number of amides is 1. The van der Waals surface area contributed by atoms with E-state index in [1.807, 2.05) is 29.2 Å². The fourth-order valence-electron chi connectivity index (χ4n) is 3.39. The van der Waals surface area contributed by atoms with Crippen LogP contribution in [0.5, 0.6) is 5.75 Å². The van der Waals surface area contributed by atoms with Crippen LogP contribution in [0.25, 0.3) is 10.2 Å². The van der Waals surface area contributed by atoms with Crippen molar-refractivity contribution >= 4 is 43.4 Å². The normalized spacial score (nSPS) is 14.4. The van der Waals surface area contributed by atoms with Gasteiger partial charge in [-0.25, -0.2) is 0 Å². The Bertz CT molecular complexity index is 925. The topological polar surface area (TPSA) is 34.5 Å². The summed E-state index contributed by atoms with van der Waals surface area (Å²) in [6.45, 7) is 2.37. The number of thiophene rings is 1. The molecule has 25 heavy (non-hydrogen) atoms. The van der Waals surface area contributed by atoms with Crippen LogP contribution in [0, 0.1) is 0 Å². The average molecular weight is 419 g/mol. The maximum absolute atomic E-state index is 13.0. The molecule has 1 aromatic carbocycles. The third-order valence-electron chi connectivity index (χ3n) is 4.65. The molecule has 1 aliphatic heterocycles. The van der Waals surface area contributed by atoms with Gasteiger partial charge < -0.3 is 14.2 Å². The van der Waals surface area contributed by atoms with Crippen molar-refractivity contribution in [2.75, 3.05) is 20.2 Å². The van der Waals surface area contributed by atoms with Gasteiger partial charge in [-0.2, -0.15) is 0 Å². The quantitative estimate of drug-likeness (QED) is 0.611. The van der Waals surface area contributed by atoms with E-state index in [0.29, 0.717) is 6.54 Å². The molecule has 0 saturated carbocycles. The maximum atomic E-state index is 13.0. The number of ether oxygens (including phenoxy) is 1. The van der Waals surface area contributed by atoms with Gasteiger partial charge in [-0.1, -0.05) is 12.1 Å². The Kier molecular flexibility index (Phi) is 4.56. The van der Waals surface area contributed by atoms with Gasteiger partial charge in [0.1, 0.15) is 11.4 Å². The van der Waals surface area contributed by atoms with Crippen LogP contribution in [0.15, 0.2) is 40.2 Å². The highest BCUT2D eigenvalue weighted by molar-refractivity contribution is 9.11. The monoisotopic (exact) mass is 418 g/mol. The number of fused-ring (bicyclic) bond motifs is 1. The largest absolute Gasteiger partial charge is 0.497 e. The van der Waals surface area contributed by atoms with Crippen molar-refractivity contribution in [2.45, 2.75) is 19.4 Å². The third-order valence-corrected chi connectivity index (χ3v) is 6.22. The van der Waals surface area contributed by atoms with Crippen LogP contribution in [0.2, 0.25) is 0 Å². The summed E-state index contributed by atoms with van der Waals surface area (Å²) in [7, 11) is 1.67. The van der Waals surface area contributed by atoms with Gasteiger partial charge in [0.15, 0.2) is 0 Å². The van der Waals surface area contributed by atoms with Crippen LogP contribution >= 0.6 is 27.3 Å². The lowest BCUT2D eigenvalue weighted by molar-refractivity contribution is 0.0783. The summed E-state index contributed by atoms with van der Waals surface area (Å²) in [6.07, 6.45) is 2.20. The van der Waals surface area contributed by atoms with Gasteiger partial charge in [0.05, 0.1) is 21.1 Å². The number of likely N-dealkylation sites (tertiary alicyclic amines) is 1. The molecule has 1 aliphatic rings. The fourth-order valence-corrected chi connectivity index (χ4v) is 4.96. The molecule has 4 rings (SSSR count). The van der Waals surface area contributed by atoms with E-state index < -0.39 is 0 Å². The molecular formula is C19H19BrN2O2S. The van der Waals surface area contributed by atoms with Crippen LogP contribution in [-0.4, -0.2) is 35.6 Å². The molecule has 2 aromatic heterocycles. The molecule has 3 aromatic rings. The summed E-state index contributed by atoms with van der Waals surface area (Å²) in [4.78, 5) is 15.0. The standard InChI is InChI=1S/C19H19BrN2O2S/c1-24-14-6-4-5-13(9-14)12-22-15-11-18(20)25-17(15)10-16(22)19(23)21-7-2-3-8-21/h4-6,9-11H,2-3,7-8,12H2,1H3. The zero-order valence-corrected chi connectivity index (χ0v) is 16.4. The molecule has 1 saturated heterocycles. The first-order valence-electron chi connectivity index (χ1n) is 8.36. The summed E-state index contributed by atoms with van der Waals surface area (Å²) < 4.78 is 9.68. The Morgan fingerprint density at radius 2 is 2.04 bits per heavy atom. The number of nitrogens with zero attached hydrogens (tertiary/aromatic N) is 2. The van der Waals surface area contributed by atoms with Crippen LogP contribution in [0.1, 0.15) is 28.9 Å². The molecule has 130 valence electrons. The number of carbonyl (C=O) groups excluding carboxylic acids is 1. The van der Waals surface area contributed by atoms with Gasteiger partial charge in [0, 0.05) is 19.6 Å². The van der Waals surface area contributed by atoms with Crippen molar-refractivity contribution in [3.8, 4) is 5.75 Å². The molecule has 0 atom stereocenters. The Hall–Kier alpha value is -1.79. The lowest BCUT2D eigenvalue weighted by Crippen LogP contribution is -2.29. The van der Waals surface area contributed by atoms with Crippen molar-refractivity contribution in [1.82, 2.24) is 9.47 Å².